The van der Waals surface area contributed by atoms with Gasteiger partial charge in [0.15, 0.2) is 0 Å². The number of carbonyl (C=O) groups excluding carboxylic acids is 1. The number of amides is 1. The van der Waals surface area contributed by atoms with Crippen LogP contribution in [0.3, 0.4) is 0 Å². The Balaban J connectivity index is 1.64. The lowest BCUT2D eigenvalue weighted by atomic mass is 9.99. The Morgan fingerprint density at radius 3 is 2.48 bits per heavy atom. The first-order valence-electron chi connectivity index (χ1n) is 8.89. The second kappa shape index (κ2) is 7.85. The van der Waals surface area contributed by atoms with E-state index in [1.165, 1.54) is 10.7 Å². The van der Waals surface area contributed by atoms with Crippen LogP contribution in [-0.2, 0) is 20.5 Å². The van der Waals surface area contributed by atoms with Gasteiger partial charge >= 0.3 is 0 Å². The van der Waals surface area contributed by atoms with Crippen molar-refractivity contribution in [2.24, 2.45) is 5.92 Å². The van der Waals surface area contributed by atoms with Gasteiger partial charge in [0.1, 0.15) is 0 Å². The zero-order valence-electron chi connectivity index (χ0n) is 14.7. The van der Waals surface area contributed by atoms with Crippen LogP contribution in [0.4, 0.5) is 0 Å². The number of hydrogen-bond donors (Lipinski definition) is 0. The van der Waals surface area contributed by atoms with E-state index in [-0.39, 0.29) is 11.7 Å². The highest BCUT2D eigenvalue weighted by atomic mass is 32.2. The molecule has 2 saturated heterocycles. The molecule has 7 heteroatoms. The Labute approximate surface area is 149 Å². The maximum Gasteiger partial charge on any atom is 0.253 e. The molecule has 0 aliphatic carbocycles. The highest BCUT2D eigenvalue weighted by Gasteiger charge is 2.25. The molecule has 0 unspecified atom stereocenters. The van der Waals surface area contributed by atoms with E-state index >= 15 is 0 Å². The summed E-state index contributed by atoms with van der Waals surface area (Å²) in [6.45, 7) is 5.47. The minimum atomic E-state index is -3.34. The second-order valence-electron chi connectivity index (χ2n) is 6.96. The van der Waals surface area contributed by atoms with Gasteiger partial charge in [0.25, 0.3) is 5.91 Å². The minimum Gasteiger partial charge on any atom is -0.379 e. The smallest absolute Gasteiger partial charge is 0.253 e. The molecule has 3 rings (SSSR count). The molecule has 2 heterocycles. The number of rotatable bonds is 4. The summed E-state index contributed by atoms with van der Waals surface area (Å²) in [5.41, 5.74) is 1.33. The van der Waals surface area contributed by atoms with Crippen LogP contribution in [0.25, 0.3) is 0 Å². The fraction of sp³-hybridized carbons (Fsp3) is 0.611. The van der Waals surface area contributed by atoms with Gasteiger partial charge in [-0.2, -0.15) is 4.31 Å². The molecule has 0 saturated carbocycles. The van der Waals surface area contributed by atoms with Gasteiger partial charge in [-0.3, -0.25) is 4.79 Å². The van der Waals surface area contributed by atoms with Gasteiger partial charge in [-0.05, 0) is 36.5 Å². The molecule has 0 spiro atoms. The Kier molecular flexibility index (Phi) is 5.76. The summed E-state index contributed by atoms with van der Waals surface area (Å²) < 4.78 is 31.6. The second-order valence-corrected chi connectivity index (χ2v) is 8.93. The van der Waals surface area contributed by atoms with Crippen molar-refractivity contribution in [1.29, 1.82) is 0 Å². The summed E-state index contributed by atoms with van der Waals surface area (Å²) in [5.74, 6) is 0.534. The van der Waals surface area contributed by atoms with Crippen LogP contribution in [0, 0.1) is 5.92 Å². The first-order valence-corrected chi connectivity index (χ1v) is 10.5. The van der Waals surface area contributed by atoms with Crippen LogP contribution < -0.4 is 0 Å². The van der Waals surface area contributed by atoms with E-state index in [9.17, 15) is 13.2 Å². The lowest BCUT2D eigenvalue weighted by Gasteiger charge is -2.31. The summed E-state index contributed by atoms with van der Waals surface area (Å²) in [6, 6.07) is 6.98. The van der Waals surface area contributed by atoms with Gasteiger partial charge in [0.2, 0.25) is 10.0 Å². The zero-order valence-corrected chi connectivity index (χ0v) is 15.5. The fourth-order valence-corrected chi connectivity index (χ4v) is 4.93. The van der Waals surface area contributed by atoms with Crippen LogP contribution in [0.15, 0.2) is 24.3 Å². The molecule has 0 bridgehead atoms. The summed E-state index contributed by atoms with van der Waals surface area (Å²) in [7, 11) is -3.34. The first kappa shape index (κ1) is 18.4. The number of morpholine rings is 1. The Morgan fingerprint density at radius 2 is 1.84 bits per heavy atom. The first-order chi connectivity index (χ1) is 12.0. The van der Waals surface area contributed by atoms with E-state index in [2.05, 4.69) is 6.92 Å². The van der Waals surface area contributed by atoms with E-state index in [4.69, 9.17) is 4.74 Å². The average Bonchev–Trinajstić information content (AvgIpc) is 2.62. The molecule has 138 valence electrons. The number of nitrogens with zero attached hydrogens (tertiary/aromatic N) is 2. The van der Waals surface area contributed by atoms with E-state index in [0.717, 1.165) is 19.5 Å². The number of benzene rings is 1. The number of hydrogen-bond acceptors (Lipinski definition) is 4. The highest BCUT2D eigenvalue weighted by Crippen LogP contribution is 2.19. The van der Waals surface area contributed by atoms with Gasteiger partial charge in [-0.15, -0.1) is 0 Å². The van der Waals surface area contributed by atoms with Crippen LogP contribution >= 0.6 is 0 Å². The van der Waals surface area contributed by atoms with Gasteiger partial charge in [0, 0.05) is 31.7 Å². The summed E-state index contributed by atoms with van der Waals surface area (Å²) in [6.07, 6.45) is 2.21. The predicted octanol–water partition coefficient (Wildman–Crippen LogP) is 1.72. The lowest BCUT2D eigenvalue weighted by molar-refractivity contribution is 0.0683. The maximum atomic E-state index is 12.6. The van der Waals surface area contributed by atoms with Crippen molar-refractivity contribution < 1.29 is 17.9 Å². The third kappa shape index (κ3) is 4.59. The third-order valence-corrected chi connectivity index (χ3v) is 6.71. The third-order valence-electron chi connectivity index (χ3n) is 4.86. The number of carbonyl (C=O) groups is 1. The van der Waals surface area contributed by atoms with Gasteiger partial charge in [-0.1, -0.05) is 19.1 Å². The summed E-state index contributed by atoms with van der Waals surface area (Å²) in [4.78, 5) is 14.5. The molecule has 0 N–H and O–H groups in total. The number of likely N-dealkylation sites (tertiary alicyclic amines) is 1. The SMILES string of the molecule is C[C@@H]1CCCN(C(=O)c2ccc(CS(=O)(=O)N3CCOCC3)cc2)C1. The van der Waals surface area contributed by atoms with Crippen LogP contribution in [0.2, 0.25) is 0 Å². The normalized spacial score (nSPS) is 22.8. The van der Waals surface area contributed by atoms with Crippen LogP contribution in [-0.4, -0.2) is 62.9 Å². The van der Waals surface area contributed by atoms with Crippen molar-refractivity contribution >= 4 is 15.9 Å². The monoisotopic (exact) mass is 366 g/mol. The van der Waals surface area contributed by atoms with E-state index in [0.29, 0.717) is 43.3 Å². The van der Waals surface area contributed by atoms with Crippen molar-refractivity contribution in [3.63, 3.8) is 0 Å². The molecule has 1 aromatic carbocycles. The standard InChI is InChI=1S/C18H26N2O4S/c1-15-3-2-8-19(13-15)18(21)17-6-4-16(5-7-17)14-25(22,23)20-9-11-24-12-10-20/h4-7,15H,2-3,8-14H2,1H3/t15-/m1/s1. The predicted molar refractivity (Wildman–Crippen MR) is 95.8 cm³/mol. The molecular weight excluding hydrogens is 340 g/mol. The molecule has 1 atom stereocenters. The fourth-order valence-electron chi connectivity index (χ4n) is 3.43. The molecule has 25 heavy (non-hydrogen) atoms. The number of piperidine rings is 1. The zero-order chi connectivity index (χ0) is 17.9. The molecule has 2 aliphatic heterocycles. The van der Waals surface area contributed by atoms with Gasteiger partial charge in [-0.25, -0.2) is 8.42 Å². The Morgan fingerprint density at radius 1 is 1.16 bits per heavy atom. The van der Waals surface area contributed by atoms with Crippen molar-refractivity contribution in [3.8, 4) is 0 Å². The molecule has 0 aromatic heterocycles. The highest BCUT2D eigenvalue weighted by molar-refractivity contribution is 7.88. The van der Waals surface area contributed by atoms with Crippen LogP contribution in [0.5, 0.6) is 0 Å². The van der Waals surface area contributed by atoms with Crippen molar-refractivity contribution in [3.05, 3.63) is 35.4 Å². The Hall–Kier alpha value is -1.44. The quantitative estimate of drug-likeness (QED) is 0.814. The van der Waals surface area contributed by atoms with Gasteiger partial charge in [0.05, 0.1) is 19.0 Å². The minimum absolute atomic E-state index is 0.0362. The van der Waals surface area contributed by atoms with E-state index in [1.54, 1.807) is 24.3 Å². The number of sulfonamides is 1. The van der Waals surface area contributed by atoms with E-state index < -0.39 is 10.0 Å². The molecule has 0 radical (unpaired) electrons. The molecule has 6 nitrogen and oxygen atoms in total. The molecule has 1 aromatic rings. The van der Waals surface area contributed by atoms with E-state index in [1.807, 2.05) is 4.90 Å². The Bertz CT molecular complexity index is 696. The van der Waals surface area contributed by atoms with Crippen molar-refractivity contribution in [2.75, 3.05) is 39.4 Å². The molecular formula is C18H26N2O4S. The number of ether oxygens (including phenoxy) is 1. The van der Waals surface area contributed by atoms with Crippen molar-refractivity contribution in [2.45, 2.75) is 25.5 Å². The lowest BCUT2D eigenvalue weighted by Crippen LogP contribution is -2.41. The molecule has 2 aliphatic rings. The maximum absolute atomic E-state index is 12.6. The molecule has 1 amide bonds. The largest absolute Gasteiger partial charge is 0.379 e. The average molecular weight is 366 g/mol. The molecule has 2 fully saturated rings. The van der Waals surface area contributed by atoms with Crippen molar-refractivity contribution in [1.82, 2.24) is 9.21 Å². The summed E-state index contributed by atoms with van der Waals surface area (Å²) >= 11 is 0. The summed E-state index contributed by atoms with van der Waals surface area (Å²) in [5, 5.41) is 0. The van der Waals surface area contributed by atoms with Gasteiger partial charge < -0.3 is 9.64 Å². The van der Waals surface area contributed by atoms with Crippen LogP contribution in [0.1, 0.15) is 35.7 Å². The topological polar surface area (TPSA) is 66.9 Å².